The van der Waals surface area contributed by atoms with Gasteiger partial charge in [-0.3, -0.25) is 9.69 Å². The van der Waals surface area contributed by atoms with Gasteiger partial charge in [0.25, 0.3) is 0 Å². The van der Waals surface area contributed by atoms with Gasteiger partial charge in [0.1, 0.15) is 6.04 Å². The number of thiophene rings is 1. The normalized spacial score (nSPS) is 19.4. The van der Waals surface area contributed by atoms with E-state index in [1.165, 1.54) is 0 Å². The van der Waals surface area contributed by atoms with Gasteiger partial charge in [0, 0.05) is 26.2 Å². The first-order chi connectivity index (χ1) is 12.0. The lowest BCUT2D eigenvalue weighted by Gasteiger charge is -2.30. The van der Waals surface area contributed by atoms with Gasteiger partial charge in [0.15, 0.2) is 5.82 Å². The quantitative estimate of drug-likeness (QED) is 0.818. The first kappa shape index (κ1) is 18.1. The molecule has 1 aliphatic rings. The number of hydrogen-bond donors (Lipinski definition) is 0. The molecular weight excluding hydrogens is 336 g/mol. The van der Waals surface area contributed by atoms with Crippen molar-refractivity contribution in [2.75, 3.05) is 26.2 Å². The Balaban J connectivity index is 1.77. The Morgan fingerprint density at radius 1 is 1.44 bits per heavy atom. The van der Waals surface area contributed by atoms with E-state index in [-0.39, 0.29) is 11.9 Å². The van der Waals surface area contributed by atoms with Crippen LogP contribution in [0.2, 0.25) is 0 Å². The third-order valence-corrected chi connectivity index (χ3v) is 5.16. The zero-order valence-corrected chi connectivity index (χ0v) is 16.0. The van der Waals surface area contributed by atoms with Crippen molar-refractivity contribution in [2.45, 2.75) is 39.7 Å². The Labute approximate surface area is 152 Å². The average molecular weight is 362 g/mol. The summed E-state index contributed by atoms with van der Waals surface area (Å²) in [6, 6.07) is 1.99. The number of hydrogen-bond acceptors (Lipinski definition) is 6. The van der Waals surface area contributed by atoms with E-state index in [1.807, 2.05) is 28.7 Å². The van der Waals surface area contributed by atoms with Crippen LogP contribution in [-0.4, -0.2) is 52.0 Å². The van der Waals surface area contributed by atoms with E-state index in [0.29, 0.717) is 30.6 Å². The van der Waals surface area contributed by atoms with Crippen molar-refractivity contribution in [3.05, 3.63) is 34.1 Å². The molecule has 0 N–H and O–H groups in total. The van der Waals surface area contributed by atoms with E-state index in [1.54, 1.807) is 11.3 Å². The van der Waals surface area contributed by atoms with Crippen molar-refractivity contribution in [3.63, 3.8) is 0 Å². The molecule has 0 radical (unpaired) electrons. The first-order valence-electron chi connectivity index (χ1n) is 8.86. The van der Waals surface area contributed by atoms with Gasteiger partial charge in [0.05, 0.1) is 6.42 Å². The van der Waals surface area contributed by atoms with Gasteiger partial charge >= 0.3 is 0 Å². The number of carbonyl (C=O) groups is 1. The van der Waals surface area contributed by atoms with Gasteiger partial charge in [-0.15, -0.1) is 0 Å². The minimum Gasteiger partial charge on any atom is -0.340 e. The maximum absolute atomic E-state index is 12.8. The molecular formula is C18H26N4O2S. The second kappa shape index (κ2) is 8.10. The SMILES string of the molecule is Cc1noc(C2CN(C(=O)Cc3ccsc3)CCCN2CC(C)C)n1. The fourth-order valence-corrected chi connectivity index (χ4v) is 3.98. The average Bonchev–Trinajstić information content (AvgIpc) is 3.16. The number of carbonyl (C=O) groups excluding carboxylic acids is 1. The molecule has 0 aromatic carbocycles. The van der Waals surface area contributed by atoms with Crippen LogP contribution in [0.5, 0.6) is 0 Å². The standard InChI is InChI=1S/C18H26N4O2S/c1-13(2)10-21-6-4-7-22(17(23)9-15-5-8-25-12-15)11-16(21)18-19-14(3)20-24-18/h5,8,12-13,16H,4,6-7,9-11H2,1-3H3. The minimum absolute atomic E-state index is 0.0301. The van der Waals surface area contributed by atoms with E-state index in [9.17, 15) is 4.79 Å². The van der Waals surface area contributed by atoms with E-state index in [2.05, 4.69) is 28.9 Å². The van der Waals surface area contributed by atoms with Gasteiger partial charge in [-0.25, -0.2) is 0 Å². The second-order valence-corrected chi connectivity index (χ2v) is 7.87. The fourth-order valence-electron chi connectivity index (χ4n) is 3.31. The lowest BCUT2D eigenvalue weighted by molar-refractivity contribution is -0.130. The highest BCUT2D eigenvalue weighted by molar-refractivity contribution is 7.07. The largest absolute Gasteiger partial charge is 0.340 e. The maximum Gasteiger partial charge on any atom is 0.245 e. The number of aryl methyl sites for hydroxylation is 1. The molecule has 0 saturated carbocycles. The molecule has 1 unspecified atom stereocenters. The van der Waals surface area contributed by atoms with Crippen molar-refractivity contribution in [1.29, 1.82) is 0 Å². The van der Waals surface area contributed by atoms with Crippen LogP contribution < -0.4 is 0 Å². The van der Waals surface area contributed by atoms with Crippen LogP contribution in [0.15, 0.2) is 21.3 Å². The molecule has 7 heteroatoms. The molecule has 6 nitrogen and oxygen atoms in total. The highest BCUT2D eigenvalue weighted by Crippen LogP contribution is 2.25. The second-order valence-electron chi connectivity index (χ2n) is 7.09. The van der Waals surface area contributed by atoms with Crippen LogP contribution >= 0.6 is 11.3 Å². The summed E-state index contributed by atoms with van der Waals surface area (Å²) >= 11 is 1.63. The molecule has 3 rings (SSSR count). The molecule has 1 aliphatic heterocycles. The van der Waals surface area contributed by atoms with Gasteiger partial charge in [0.2, 0.25) is 11.8 Å². The van der Waals surface area contributed by atoms with Crippen molar-refractivity contribution < 1.29 is 9.32 Å². The summed E-state index contributed by atoms with van der Waals surface area (Å²) in [6.45, 7) is 9.53. The summed E-state index contributed by atoms with van der Waals surface area (Å²) in [5.74, 6) is 1.97. The molecule has 136 valence electrons. The van der Waals surface area contributed by atoms with Gasteiger partial charge < -0.3 is 9.42 Å². The van der Waals surface area contributed by atoms with Gasteiger partial charge in [-0.2, -0.15) is 16.3 Å². The Kier molecular flexibility index (Phi) is 5.86. The zero-order valence-electron chi connectivity index (χ0n) is 15.1. The molecule has 1 fully saturated rings. The molecule has 2 aromatic heterocycles. The maximum atomic E-state index is 12.8. The van der Waals surface area contributed by atoms with E-state index in [4.69, 9.17) is 4.52 Å². The Morgan fingerprint density at radius 3 is 2.92 bits per heavy atom. The summed E-state index contributed by atoms with van der Waals surface area (Å²) in [4.78, 5) is 21.6. The third-order valence-electron chi connectivity index (χ3n) is 4.42. The van der Waals surface area contributed by atoms with Crippen molar-refractivity contribution >= 4 is 17.2 Å². The van der Waals surface area contributed by atoms with Crippen LogP contribution in [0.3, 0.4) is 0 Å². The number of amides is 1. The van der Waals surface area contributed by atoms with E-state index < -0.39 is 0 Å². The molecule has 0 aliphatic carbocycles. The lowest BCUT2D eigenvalue weighted by Crippen LogP contribution is -2.39. The van der Waals surface area contributed by atoms with Gasteiger partial charge in [-0.05, 0) is 41.7 Å². The molecule has 0 bridgehead atoms. The predicted molar refractivity (Wildman–Crippen MR) is 97.4 cm³/mol. The van der Waals surface area contributed by atoms with Gasteiger partial charge in [-0.1, -0.05) is 19.0 Å². The molecule has 1 saturated heterocycles. The van der Waals surface area contributed by atoms with Crippen LogP contribution in [0, 0.1) is 12.8 Å². The summed E-state index contributed by atoms with van der Waals surface area (Å²) in [5, 5.41) is 8.01. The molecule has 1 atom stereocenters. The number of rotatable bonds is 5. The van der Waals surface area contributed by atoms with Crippen LogP contribution in [-0.2, 0) is 11.2 Å². The smallest absolute Gasteiger partial charge is 0.245 e. The Morgan fingerprint density at radius 2 is 2.28 bits per heavy atom. The molecule has 3 heterocycles. The van der Waals surface area contributed by atoms with Crippen LogP contribution in [0.4, 0.5) is 0 Å². The lowest BCUT2D eigenvalue weighted by atomic mass is 10.1. The first-order valence-corrected chi connectivity index (χ1v) is 9.80. The summed E-state index contributed by atoms with van der Waals surface area (Å²) in [6.07, 6.45) is 1.43. The molecule has 25 heavy (non-hydrogen) atoms. The third kappa shape index (κ3) is 4.67. The number of nitrogens with zero attached hydrogens (tertiary/aromatic N) is 4. The van der Waals surface area contributed by atoms with E-state index in [0.717, 1.165) is 31.6 Å². The highest BCUT2D eigenvalue weighted by atomic mass is 32.1. The zero-order chi connectivity index (χ0) is 17.8. The Hall–Kier alpha value is -1.73. The topological polar surface area (TPSA) is 62.5 Å². The fraction of sp³-hybridized carbons (Fsp3) is 0.611. The Bertz CT molecular complexity index is 683. The molecule has 2 aromatic rings. The molecule has 0 spiro atoms. The monoisotopic (exact) mass is 362 g/mol. The summed E-state index contributed by atoms with van der Waals surface area (Å²) in [7, 11) is 0. The summed E-state index contributed by atoms with van der Waals surface area (Å²) < 4.78 is 5.47. The predicted octanol–water partition coefficient (Wildman–Crippen LogP) is 2.91. The van der Waals surface area contributed by atoms with Crippen LogP contribution in [0.25, 0.3) is 0 Å². The van der Waals surface area contributed by atoms with Crippen molar-refractivity contribution in [3.8, 4) is 0 Å². The van der Waals surface area contributed by atoms with E-state index >= 15 is 0 Å². The summed E-state index contributed by atoms with van der Waals surface area (Å²) in [5.41, 5.74) is 1.09. The molecule has 1 amide bonds. The highest BCUT2D eigenvalue weighted by Gasteiger charge is 2.32. The van der Waals surface area contributed by atoms with Crippen molar-refractivity contribution in [2.24, 2.45) is 5.92 Å². The van der Waals surface area contributed by atoms with Crippen molar-refractivity contribution in [1.82, 2.24) is 19.9 Å². The van der Waals surface area contributed by atoms with Crippen LogP contribution in [0.1, 0.15) is 43.6 Å². The minimum atomic E-state index is -0.0301. The number of aromatic nitrogens is 2.